The van der Waals surface area contributed by atoms with Crippen molar-refractivity contribution in [3.05, 3.63) is 56.7 Å². The van der Waals surface area contributed by atoms with Crippen molar-refractivity contribution in [3.63, 3.8) is 0 Å². The number of carbonyl (C=O) groups excluding carboxylic acids is 1. The molecule has 1 aromatic heterocycles. The smallest absolute Gasteiger partial charge is 0.292 e. The number of nitrogens with zero attached hydrogens (tertiary/aromatic N) is 3. The number of hydrogen-bond acceptors (Lipinski definition) is 5. The number of aryl methyl sites for hydroxylation is 1. The van der Waals surface area contributed by atoms with Gasteiger partial charge in [-0.15, -0.1) is 0 Å². The zero-order valence-corrected chi connectivity index (χ0v) is 14.2. The van der Waals surface area contributed by atoms with E-state index in [2.05, 4.69) is 26.2 Å². The number of likely N-dealkylation sites (N-methyl/N-ethyl adjacent to an activating group) is 1. The standard InChI is InChI=1S/C15H15BrN4O3/c1-10-3-5-12(13(7-10)20(22)23)19(2)9-15(21)18-14-6-4-11(16)8-17-14/h3-8H,9H2,1-2H3,(H,17,18,21). The Morgan fingerprint density at radius 1 is 1.39 bits per heavy atom. The molecule has 2 rings (SSSR count). The molecular formula is C15H15BrN4O3. The maximum Gasteiger partial charge on any atom is 0.292 e. The predicted molar refractivity (Wildman–Crippen MR) is 91.7 cm³/mol. The number of nitro groups is 1. The third-order valence-electron chi connectivity index (χ3n) is 3.11. The van der Waals surface area contributed by atoms with Crippen molar-refractivity contribution in [2.75, 3.05) is 23.8 Å². The van der Waals surface area contributed by atoms with Crippen molar-refractivity contribution in [3.8, 4) is 0 Å². The molecule has 23 heavy (non-hydrogen) atoms. The van der Waals surface area contributed by atoms with Gasteiger partial charge in [-0.3, -0.25) is 14.9 Å². The van der Waals surface area contributed by atoms with E-state index in [1.807, 2.05) is 0 Å². The highest BCUT2D eigenvalue weighted by Crippen LogP contribution is 2.28. The van der Waals surface area contributed by atoms with Crippen molar-refractivity contribution in [1.82, 2.24) is 4.98 Å². The van der Waals surface area contributed by atoms with Crippen LogP contribution in [0, 0.1) is 17.0 Å². The second-order valence-corrected chi connectivity index (χ2v) is 5.93. The summed E-state index contributed by atoms with van der Waals surface area (Å²) in [5.74, 6) is 0.113. The van der Waals surface area contributed by atoms with E-state index in [0.717, 1.165) is 10.0 Å². The zero-order valence-electron chi connectivity index (χ0n) is 12.6. The van der Waals surface area contributed by atoms with Gasteiger partial charge in [0.2, 0.25) is 5.91 Å². The molecular weight excluding hydrogens is 364 g/mol. The molecule has 7 nitrogen and oxygen atoms in total. The first-order valence-electron chi connectivity index (χ1n) is 6.74. The average molecular weight is 379 g/mol. The summed E-state index contributed by atoms with van der Waals surface area (Å²) in [5.41, 5.74) is 1.15. The maximum absolute atomic E-state index is 12.1. The molecule has 0 bridgehead atoms. The van der Waals surface area contributed by atoms with Crippen molar-refractivity contribution in [2.45, 2.75) is 6.92 Å². The van der Waals surface area contributed by atoms with Gasteiger partial charge in [0.1, 0.15) is 11.5 Å². The molecule has 0 aliphatic carbocycles. The van der Waals surface area contributed by atoms with Crippen LogP contribution in [0.5, 0.6) is 0 Å². The fourth-order valence-corrected chi connectivity index (χ4v) is 2.27. The Labute approximate surface area is 141 Å². The van der Waals surface area contributed by atoms with Gasteiger partial charge < -0.3 is 10.2 Å². The van der Waals surface area contributed by atoms with Crippen molar-refractivity contribution in [2.24, 2.45) is 0 Å². The molecule has 1 aromatic carbocycles. The molecule has 0 aliphatic heterocycles. The number of anilines is 2. The van der Waals surface area contributed by atoms with Gasteiger partial charge in [-0.25, -0.2) is 4.98 Å². The number of aromatic nitrogens is 1. The second-order valence-electron chi connectivity index (χ2n) is 5.02. The lowest BCUT2D eigenvalue weighted by molar-refractivity contribution is -0.384. The Hall–Kier alpha value is -2.48. The maximum atomic E-state index is 12.1. The molecule has 2 aromatic rings. The molecule has 0 saturated carbocycles. The molecule has 0 atom stereocenters. The van der Waals surface area contributed by atoms with Gasteiger partial charge in [-0.2, -0.15) is 0 Å². The van der Waals surface area contributed by atoms with Crippen LogP contribution in [-0.2, 0) is 4.79 Å². The van der Waals surface area contributed by atoms with Crippen molar-refractivity contribution >= 4 is 39.0 Å². The zero-order chi connectivity index (χ0) is 17.0. The number of rotatable bonds is 5. The van der Waals surface area contributed by atoms with Crippen LogP contribution >= 0.6 is 15.9 Å². The Morgan fingerprint density at radius 3 is 2.74 bits per heavy atom. The van der Waals surface area contributed by atoms with Crippen LogP contribution in [0.25, 0.3) is 0 Å². The van der Waals surface area contributed by atoms with Gasteiger partial charge in [-0.05, 0) is 46.6 Å². The van der Waals surface area contributed by atoms with E-state index in [0.29, 0.717) is 11.5 Å². The summed E-state index contributed by atoms with van der Waals surface area (Å²) in [5, 5.41) is 13.8. The number of amides is 1. The van der Waals surface area contributed by atoms with Crippen LogP contribution in [0.4, 0.5) is 17.2 Å². The Bertz CT molecular complexity index is 734. The molecule has 0 spiro atoms. The highest BCUT2D eigenvalue weighted by molar-refractivity contribution is 9.10. The lowest BCUT2D eigenvalue weighted by Gasteiger charge is -2.18. The van der Waals surface area contributed by atoms with Crippen LogP contribution in [0.3, 0.4) is 0 Å². The summed E-state index contributed by atoms with van der Waals surface area (Å²) in [6.45, 7) is 1.75. The summed E-state index contributed by atoms with van der Waals surface area (Å²) in [4.78, 5) is 28.3. The lowest BCUT2D eigenvalue weighted by atomic mass is 10.2. The van der Waals surface area contributed by atoms with Gasteiger partial charge in [0, 0.05) is 23.8 Å². The van der Waals surface area contributed by atoms with Crippen LogP contribution in [0.2, 0.25) is 0 Å². The van der Waals surface area contributed by atoms with E-state index in [-0.39, 0.29) is 18.1 Å². The number of hydrogen-bond donors (Lipinski definition) is 1. The van der Waals surface area contributed by atoms with E-state index >= 15 is 0 Å². The molecule has 8 heteroatoms. The number of benzene rings is 1. The summed E-state index contributed by atoms with van der Waals surface area (Å²) < 4.78 is 0.808. The van der Waals surface area contributed by atoms with E-state index in [1.165, 1.54) is 11.0 Å². The molecule has 0 radical (unpaired) electrons. The fraction of sp³-hybridized carbons (Fsp3) is 0.200. The van der Waals surface area contributed by atoms with E-state index in [1.54, 1.807) is 44.4 Å². The van der Waals surface area contributed by atoms with E-state index in [4.69, 9.17) is 0 Å². The molecule has 0 saturated heterocycles. The minimum absolute atomic E-state index is 0.0259. The minimum atomic E-state index is -0.451. The van der Waals surface area contributed by atoms with Gasteiger partial charge in [0.15, 0.2) is 0 Å². The minimum Gasteiger partial charge on any atom is -0.360 e. The lowest BCUT2D eigenvalue weighted by Crippen LogP contribution is -2.30. The molecule has 0 unspecified atom stereocenters. The number of nitrogens with one attached hydrogen (secondary N) is 1. The molecule has 1 heterocycles. The number of pyridine rings is 1. The highest BCUT2D eigenvalue weighted by atomic mass is 79.9. The number of halogens is 1. The van der Waals surface area contributed by atoms with Crippen LogP contribution in [0.1, 0.15) is 5.56 Å². The van der Waals surface area contributed by atoms with Crippen LogP contribution < -0.4 is 10.2 Å². The summed E-state index contributed by atoms with van der Waals surface area (Å²) >= 11 is 3.26. The third-order valence-corrected chi connectivity index (χ3v) is 3.58. The summed E-state index contributed by atoms with van der Waals surface area (Å²) in [7, 11) is 1.63. The first-order chi connectivity index (χ1) is 10.9. The quantitative estimate of drug-likeness (QED) is 0.637. The molecule has 1 N–H and O–H groups in total. The largest absolute Gasteiger partial charge is 0.360 e. The van der Waals surface area contributed by atoms with Crippen molar-refractivity contribution in [1.29, 1.82) is 0 Å². The molecule has 1 amide bonds. The molecule has 0 fully saturated rings. The second kappa shape index (κ2) is 7.19. The number of carbonyl (C=O) groups is 1. The summed E-state index contributed by atoms with van der Waals surface area (Å²) in [6.07, 6.45) is 1.57. The summed E-state index contributed by atoms with van der Waals surface area (Å²) in [6, 6.07) is 8.32. The Morgan fingerprint density at radius 2 is 2.13 bits per heavy atom. The van der Waals surface area contributed by atoms with Crippen LogP contribution in [-0.4, -0.2) is 29.4 Å². The monoisotopic (exact) mass is 378 g/mol. The fourth-order valence-electron chi connectivity index (χ4n) is 2.04. The number of nitro benzene ring substituents is 1. The van der Waals surface area contributed by atoms with Crippen LogP contribution in [0.15, 0.2) is 41.0 Å². The Balaban J connectivity index is 2.09. The molecule has 0 aliphatic rings. The van der Waals surface area contributed by atoms with Gasteiger partial charge in [0.05, 0.1) is 11.5 Å². The first kappa shape index (κ1) is 16.9. The average Bonchev–Trinajstić information content (AvgIpc) is 2.49. The third kappa shape index (κ3) is 4.49. The SMILES string of the molecule is Cc1ccc(N(C)CC(=O)Nc2ccc(Br)cn2)c([N+](=O)[O-])c1. The van der Waals surface area contributed by atoms with E-state index in [9.17, 15) is 14.9 Å². The van der Waals surface area contributed by atoms with Crippen molar-refractivity contribution < 1.29 is 9.72 Å². The van der Waals surface area contributed by atoms with Gasteiger partial charge in [0.25, 0.3) is 5.69 Å². The Kier molecular flexibility index (Phi) is 5.28. The van der Waals surface area contributed by atoms with Gasteiger partial charge >= 0.3 is 0 Å². The van der Waals surface area contributed by atoms with Gasteiger partial charge in [-0.1, -0.05) is 6.07 Å². The normalized spacial score (nSPS) is 10.2. The molecule has 120 valence electrons. The highest BCUT2D eigenvalue weighted by Gasteiger charge is 2.19. The van der Waals surface area contributed by atoms with E-state index < -0.39 is 4.92 Å². The topological polar surface area (TPSA) is 88.4 Å². The predicted octanol–water partition coefficient (Wildman–Crippen LogP) is 3.14. The first-order valence-corrected chi connectivity index (χ1v) is 7.53.